The summed E-state index contributed by atoms with van der Waals surface area (Å²) in [6.45, 7) is 8.58. The Balaban J connectivity index is 1.46. The topological polar surface area (TPSA) is 15.3 Å². The zero-order valence-corrected chi connectivity index (χ0v) is 13.6. The van der Waals surface area contributed by atoms with Crippen molar-refractivity contribution in [3.8, 4) is 0 Å². The fourth-order valence-corrected chi connectivity index (χ4v) is 4.18. The van der Waals surface area contributed by atoms with E-state index in [1.165, 1.54) is 51.7 Å². The van der Waals surface area contributed by atoms with E-state index in [2.05, 4.69) is 48.3 Å². The van der Waals surface area contributed by atoms with Crippen LogP contribution in [0, 0.1) is 5.92 Å². The molecule has 1 atom stereocenters. The molecule has 1 fully saturated rings. The summed E-state index contributed by atoms with van der Waals surface area (Å²) in [5.41, 5.74) is 3.11. The molecule has 0 spiro atoms. The molecule has 2 nitrogen and oxygen atoms in total. The Hall–Kier alpha value is -0.860. The molecule has 116 valence electrons. The highest BCUT2D eigenvalue weighted by molar-refractivity contribution is 5.33. The lowest BCUT2D eigenvalue weighted by molar-refractivity contribution is 0.159. The zero-order chi connectivity index (χ0) is 14.7. The molecular weight excluding hydrogens is 256 g/mol. The van der Waals surface area contributed by atoms with Gasteiger partial charge in [0.25, 0.3) is 0 Å². The van der Waals surface area contributed by atoms with Gasteiger partial charge >= 0.3 is 0 Å². The number of nitrogens with one attached hydrogen (secondary N) is 1. The summed E-state index contributed by atoms with van der Waals surface area (Å²) in [7, 11) is 0. The van der Waals surface area contributed by atoms with E-state index in [1.807, 2.05) is 0 Å². The molecule has 0 aromatic heterocycles. The first-order valence-electron chi connectivity index (χ1n) is 8.81. The van der Waals surface area contributed by atoms with Crippen molar-refractivity contribution in [2.75, 3.05) is 19.6 Å². The van der Waals surface area contributed by atoms with E-state index in [9.17, 15) is 0 Å². The van der Waals surface area contributed by atoms with Gasteiger partial charge in [-0.05, 0) is 75.7 Å². The minimum atomic E-state index is 0.658. The maximum Gasteiger partial charge on any atom is 0.0151 e. The van der Waals surface area contributed by atoms with Crippen molar-refractivity contribution in [1.82, 2.24) is 10.2 Å². The normalized spacial score (nSPS) is 22.4. The first-order chi connectivity index (χ1) is 10.3. The van der Waals surface area contributed by atoms with E-state index in [-0.39, 0.29) is 0 Å². The third-order valence-electron chi connectivity index (χ3n) is 5.43. The molecule has 1 unspecified atom stereocenters. The van der Waals surface area contributed by atoms with Crippen LogP contribution in [0.5, 0.6) is 0 Å². The van der Waals surface area contributed by atoms with Gasteiger partial charge in [0, 0.05) is 12.1 Å². The molecule has 0 bridgehead atoms. The van der Waals surface area contributed by atoms with Crippen LogP contribution in [0.3, 0.4) is 0 Å². The first kappa shape index (κ1) is 15.1. The monoisotopic (exact) mass is 286 g/mol. The maximum atomic E-state index is 3.92. The van der Waals surface area contributed by atoms with Crippen molar-refractivity contribution >= 4 is 0 Å². The van der Waals surface area contributed by atoms with Crippen molar-refractivity contribution < 1.29 is 0 Å². The Labute approximate surface area is 129 Å². The third-order valence-corrected chi connectivity index (χ3v) is 5.43. The number of likely N-dealkylation sites (tertiary alicyclic amines) is 1. The average Bonchev–Trinajstić information content (AvgIpc) is 2.90. The summed E-state index contributed by atoms with van der Waals surface area (Å²) in [6, 6.07) is 10.3. The molecule has 0 radical (unpaired) electrons. The molecule has 1 aromatic rings. The van der Waals surface area contributed by atoms with Crippen LogP contribution in [0.1, 0.15) is 44.2 Å². The maximum absolute atomic E-state index is 3.92. The molecule has 2 heteroatoms. The standard InChI is InChI=1S/C19H30N2/c1-3-10-21-11-8-16(9-12-21)15(2)20-19-13-17-6-4-5-7-18(17)14-19/h4-7,15-16,19-20H,3,8-14H2,1-2H3. The first-order valence-corrected chi connectivity index (χ1v) is 8.81. The minimum Gasteiger partial charge on any atom is -0.311 e. The van der Waals surface area contributed by atoms with E-state index in [1.54, 1.807) is 11.1 Å². The van der Waals surface area contributed by atoms with Gasteiger partial charge in [-0.3, -0.25) is 0 Å². The summed E-state index contributed by atoms with van der Waals surface area (Å²) in [5, 5.41) is 3.92. The Morgan fingerprint density at radius 1 is 1.14 bits per heavy atom. The van der Waals surface area contributed by atoms with Crippen molar-refractivity contribution in [2.45, 2.75) is 58.0 Å². The smallest absolute Gasteiger partial charge is 0.0151 e. The van der Waals surface area contributed by atoms with Crippen LogP contribution in [-0.4, -0.2) is 36.6 Å². The van der Waals surface area contributed by atoms with Gasteiger partial charge in [-0.1, -0.05) is 31.2 Å². The molecule has 0 amide bonds. The van der Waals surface area contributed by atoms with Crippen molar-refractivity contribution in [3.63, 3.8) is 0 Å². The number of piperidine rings is 1. The summed E-state index contributed by atoms with van der Waals surface area (Å²) in [4.78, 5) is 2.63. The highest BCUT2D eigenvalue weighted by Gasteiger charge is 2.27. The Morgan fingerprint density at radius 3 is 2.33 bits per heavy atom. The van der Waals surface area contributed by atoms with E-state index in [4.69, 9.17) is 0 Å². The van der Waals surface area contributed by atoms with E-state index < -0.39 is 0 Å². The second-order valence-corrected chi connectivity index (χ2v) is 7.01. The van der Waals surface area contributed by atoms with Gasteiger partial charge in [0.1, 0.15) is 0 Å². The number of rotatable bonds is 5. The summed E-state index contributed by atoms with van der Waals surface area (Å²) in [6.07, 6.45) is 6.46. The van der Waals surface area contributed by atoms with Crippen LogP contribution in [0.15, 0.2) is 24.3 Å². The zero-order valence-electron chi connectivity index (χ0n) is 13.6. The molecule has 3 rings (SSSR count). The molecule has 2 aliphatic rings. The number of nitrogens with zero attached hydrogens (tertiary/aromatic N) is 1. The van der Waals surface area contributed by atoms with Gasteiger partial charge in [0.15, 0.2) is 0 Å². The molecule has 0 saturated carbocycles. The van der Waals surface area contributed by atoms with Gasteiger partial charge in [-0.2, -0.15) is 0 Å². The highest BCUT2D eigenvalue weighted by atomic mass is 15.1. The Kier molecular flexibility index (Phi) is 4.97. The fourth-order valence-electron chi connectivity index (χ4n) is 4.18. The lowest BCUT2D eigenvalue weighted by Crippen LogP contribution is -2.45. The minimum absolute atomic E-state index is 0.658. The van der Waals surface area contributed by atoms with Gasteiger partial charge < -0.3 is 10.2 Å². The van der Waals surface area contributed by atoms with E-state index >= 15 is 0 Å². The summed E-state index contributed by atoms with van der Waals surface area (Å²) < 4.78 is 0. The summed E-state index contributed by atoms with van der Waals surface area (Å²) in [5.74, 6) is 0.863. The molecule has 1 aliphatic heterocycles. The predicted molar refractivity (Wildman–Crippen MR) is 89.7 cm³/mol. The predicted octanol–water partition coefficient (Wildman–Crippen LogP) is 3.25. The number of hydrogen-bond acceptors (Lipinski definition) is 2. The Morgan fingerprint density at radius 2 is 1.76 bits per heavy atom. The number of benzene rings is 1. The number of fused-ring (bicyclic) bond motifs is 1. The van der Waals surface area contributed by atoms with E-state index in [0.717, 1.165) is 5.92 Å². The second-order valence-electron chi connectivity index (χ2n) is 7.01. The SMILES string of the molecule is CCCN1CCC(C(C)NC2Cc3ccccc3C2)CC1. The van der Waals surface area contributed by atoms with Crippen LogP contribution < -0.4 is 5.32 Å². The van der Waals surface area contributed by atoms with Gasteiger partial charge in [-0.15, -0.1) is 0 Å². The van der Waals surface area contributed by atoms with Crippen LogP contribution in [-0.2, 0) is 12.8 Å². The van der Waals surface area contributed by atoms with Crippen molar-refractivity contribution in [2.24, 2.45) is 5.92 Å². The molecule has 1 N–H and O–H groups in total. The fraction of sp³-hybridized carbons (Fsp3) is 0.684. The van der Waals surface area contributed by atoms with Gasteiger partial charge in [0.2, 0.25) is 0 Å². The molecule has 1 aromatic carbocycles. The molecule has 1 aliphatic carbocycles. The largest absolute Gasteiger partial charge is 0.311 e. The quantitative estimate of drug-likeness (QED) is 0.894. The number of hydrogen-bond donors (Lipinski definition) is 1. The van der Waals surface area contributed by atoms with Crippen molar-refractivity contribution in [3.05, 3.63) is 35.4 Å². The molecule has 1 heterocycles. The van der Waals surface area contributed by atoms with Gasteiger partial charge in [-0.25, -0.2) is 0 Å². The lowest BCUT2D eigenvalue weighted by atomic mass is 9.89. The third kappa shape index (κ3) is 3.67. The Bertz CT molecular complexity index is 424. The van der Waals surface area contributed by atoms with Crippen LogP contribution in [0.25, 0.3) is 0 Å². The second kappa shape index (κ2) is 6.93. The average molecular weight is 286 g/mol. The van der Waals surface area contributed by atoms with Crippen LogP contribution in [0.4, 0.5) is 0 Å². The lowest BCUT2D eigenvalue weighted by Gasteiger charge is -2.36. The van der Waals surface area contributed by atoms with Crippen molar-refractivity contribution in [1.29, 1.82) is 0 Å². The summed E-state index contributed by atoms with van der Waals surface area (Å²) >= 11 is 0. The highest BCUT2D eigenvalue weighted by Crippen LogP contribution is 2.25. The van der Waals surface area contributed by atoms with Crippen LogP contribution in [0.2, 0.25) is 0 Å². The molecular formula is C19H30N2. The van der Waals surface area contributed by atoms with Crippen LogP contribution >= 0.6 is 0 Å². The van der Waals surface area contributed by atoms with E-state index in [0.29, 0.717) is 12.1 Å². The van der Waals surface area contributed by atoms with Gasteiger partial charge in [0.05, 0.1) is 0 Å². The molecule has 21 heavy (non-hydrogen) atoms. The molecule has 1 saturated heterocycles.